The van der Waals surface area contributed by atoms with E-state index >= 15 is 0 Å². The highest BCUT2D eigenvalue weighted by Crippen LogP contribution is 2.14. The Morgan fingerprint density at radius 1 is 1.25 bits per heavy atom. The molecule has 2 heterocycles. The summed E-state index contributed by atoms with van der Waals surface area (Å²) < 4.78 is 0. The van der Waals surface area contributed by atoms with Gasteiger partial charge in [-0.15, -0.1) is 0 Å². The normalized spacial score (nSPS) is 10.1. The number of carbonyl (C=O) groups is 1. The number of anilines is 1. The minimum absolute atomic E-state index is 0.111. The minimum Gasteiger partial charge on any atom is -0.306 e. The zero-order valence-electron chi connectivity index (χ0n) is 11.0. The van der Waals surface area contributed by atoms with E-state index in [9.17, 15) is 14.9 Å². The SMILES string of the molecule is Cc1cc(C)nc(NC(=O)c2cncc([N+](=O)[O-])c2)c1. The number of hydrogen-bond acceptors (Lipinski definition) is 5. The molecule has 1 N–H and O–H groups in total. The van der Waals surface area contributed by atoms with Crippen molar-refractivity contribution in [2.24, 2.45) is 0 Å². The number of hydrogen-bond donors (Lipinski definition) is 1. The van der Waals surface area contributed by atoms with Gasteiger partial charge in [0.25, 0.3) is 11.6 Å². The van der Waals surface area contributed by atoms with Crippen molar-refractivity contribution in [1.82, 2.24) is 9.97 Å². The van der Waals surface area contributed by atoms with Crippen molar-refractivity contribution in [3.05, 3.63) is 57.5 Å². The van der Waals surface area contributed by atoms with Crippen LogP contribution in [0.1, 0.15) is 21.6 Å². The van der Waals surface area contributed by atoms with Crippen LogP contribution in [0.5, 0.6) is 0 Å². The molecule has 0 aliphatic rings. The van der Waals surface area contributed by atoms with E-state index in [4.69, 9.17) is 0 Å². The Morgan fingerprint density at radius 2 is 2.00 bits per heavy atom. The second-order valence-electron chi connectivity index (χ2n) is 4.31. The fourth-order valence-electron chi connectivity index (χ4n) is 1.75. The summed E-state index contributed by atoms with van der Waals surface area (Å²) in [5, 5.41) is 13.2. The number of amides is 1. The quantitative estimate of drug-likeness (QED) is 0.682. The number of pyridine rings is 2. The Labute approximate surface area is 114 Å². The van der Waals surface area contributed by atoms with Crippen molar-refractivity contribution in [1.29, 1.82) is 0 Å². The molecule has 0 atom stereocenters. The van der Waals surface area contributed by atoms with Gasteiger partial charge in [-0.2, -0.15) is 0 Å². The third-order valence-electron chi connectivity index (χ3n) is 2.54. The highest BCUT2D eigenvalue weighted by atomic mass is 16.6. The Kier molecular flexibility index (Phi) is 3.69. The molecule has 0 bridgehead atoms. The van der Waals surface area contributed by atoms with Crippen molar-refractivity contribution < 1.29 is 9.72 Å². The lowest BCUT2D eigenvalue weighted by Gasteiger charge is -2.06. The maximum atomic E-state index is 12.0. The second kappa shape index (κ2) is 5.43. The summed E-state index contributed by atoms with van der Waals surface area (Å²) in [5.74, 6) is -0.0855. The maximum absolute atomic E-state index is 12.0. The molecule has 0 radical (unpaired) electrons. The van der Waals surface area contributed by atoms with E-state index in [1.807, 2.05) is 19.9 Å². The molecule has 0 aliphatic heterocycles. The van der Waals surface area contributed by atoms with Gasteiger partial charge >= 0.3 is 0 Å². The standard InChI is InChI=1S/C13H12N4O3/c1-8-3-9(2)15-12(4-8)16-13(18)10-5-11(17(19)20)7-14-6-10/h3-7H,1-2H3,(H,15,16,18). The molecule has 20 heavy (non-hydrogen) atoms. The number of aryl methyl sites for hydroxylation is 2. The van der Waals surface area contributed by atoms with E-state index < -0.39 is 10.8 Å². The van der Waals surface area contributed by atoms with Crippen molar-refractivity contribution in [3.63, 3.8) is 0 Å². The monoisotopic (exact) mass is 272 g/mol. The highest BCUT2D eigenvalue weighted by molar-refractivity contribution is 6.03. The molecular formula is C13H12N4O3. The molecule has 7 heteroatoms. The molecule has 7 nitrogen and oxygen atoms in total. The maximum Gasteiger partial charge on any atom is 0.288 e. The van der Waals surface area contributed by atoms with E-state index in [1.165, 1.54) is 12.3 Å². The fourth-order valence-corrected chi connectivity index (χ4v) is 1.75. The van der Waals surface area contributed by atoms with Crippen molar-refractivity contribution in [2.75, 3.05) is 5.32 Å². The van der Waals surface area contributed by atoms with Crippen LogP contribution in [0, 0.1) is 24.0 Å². The van der Waals surface area contributed by atoms with Crippen LogP contribution in [0.25, 0.3) is 0 Å². The number of rotatable bonds is 3. The van der Waals surface area contributed by atoms with Gasteiger partial charge in [-0.3, -0.25) is 19.9 Å². The Bertz CT molecular complexity index is 665. The first-order chi connectivity index (χ1) is 9.45. The Balaban J connectivity index is 2.23. The van der Waals surface area contributed by atoms with Gasteiger partial charge in [-0.1, -0.05) is 0 Å². The van der Waals surface area contributed by atoms with Gasteiger partial charge < -0.3 is 5.32 Å². The molecule has 2 rings (SSSR count). The number of nitro groups is 1. The number of aromatic nitrogens is 2. The van der Waals surface area contributed by atoms with Gasteiger partial charge in [-0.05, 0) is 31.5 Å². The topological polar surface area (TPSA) is 98.0 Å². The highest BCUT2D eigenvalue weighted by Gasteiger charge is 2.13. The molecule has 1 amide bonds. The van der Waals surface area contributed by atoms with Crippen LogP contribution in [0.4, 0.5) is 11.5 Å². The smallest absolute Gasteiger partial charge is 0.288 e. The molecule has 0 aromatic carbocycles. The molecule has 2 aromatic heterocycles. The third-order valence-corrected chi connectivity index (χ3v) is 2.54. The summed E-state index contributed by atoms with van der Waals surface area (Å²) in [6.07, 6.45) is 2.36. The van der Waals surface area contributed by atoms with Crippen LogP contribution in [-0.4, -0.2) is 20.8 Å². The first-order valence-electron chi connectivity index (χ1n) is 5.82. The summed E-state index contributed by atoms with van der Waals surface area (Å²) in [7, 11) is 0. The largest absolute Gasteiger partial charge is 0.306 e. The predicted molar refractivity (Wildman–Crippen MR) is 72.6 cm³/mol. The second-order valence-corrected chi connectivity index (χ2v) is 4.31. The Hall–Kier alpha value is -2.83. The van der Waals surface area contributed by atoms with Gasteiger partial charge in [0, 0.05) is 18.0 Å². The molecule has 0 unspecified atom stereocenters. The number of carbonyl (C=O) groups excluding carboxylic acids is 1. The van der Waals surface area contributed by atoms with Gasteiger partial charge in [0.1, 0.15) is 12.0 Å². The summed E-state index contributed by atoms with van der Waals surface area (Å²) >= 11 is 0. The first kappa shape index (κ1) is 13.6. The van der Waals surface area contributed by atoms with Crippen molar-refractivity contribution >= 4 is 17.4 Å². The lowest BCUT2D eigenvalue weighted by atomic mass is 10.2. The van der Waals surface area contributed by atoms with Gasteiger partial charge in [-0.25, -0.2) is 4.98 Å². The third kappa shape index (κ3) is 3.14. The van der Waals surface area contributed by atoms with Crippen LogP contribution in [-0.2, 0) is 0 Å². The molecule has 0 saturated heterocycles. The van der Waals surface area contributed by atoms with Crippen LogP contribution in [0.15, 0.2) is 30.6 Å². The molecular weight excluding hydrogens is 260 g/mol. The average Bonchev–Trinajstić information content (AvgIpc) is 2.37. The first-order valence-corrected chi connectivity index (χ1v) is 5.82. The average molecular weight is 272 g/mol. The van der Waals surface area contributed by atoms with Crippen LogP contribution < -0.4 is 5.32 Å². The zero-order valence-corrected chi connectivity index (χ0v) is 11.0. The van der Waals surface area contributed by atoms with E-state index in [-0.39, 0.29) is 11.3 Å². The van der Waals surface area contributed by atoms with E-state index in [0.717, 1.165) is 17.5 Å². The van der Waals surface area contributed by atoms with Gasteiger partial charge in [0.15, 0.2) is 0 Å². The zero-order chi connectivity index (χ0) is 14.7. The van der Waals surface area contributed by atoms with E-state index in [1.54, 1.807) is 6.07 Å². The molecule has 102 valence electrons. The van der Waals surface area contributed by atoms with Crippen LogP contribution >= 0.6 is 0 Å². The lowest BCUT2D eigenvalue weighted by molar-refractivity contribution is -0.385. The predicted octanol–water partition coefficient (Wildman–Crippen LogP) is 2.25. The van der Waals surface area contributed by atoms with E-state index in [0.29, 0.717) is 5.82 Å². The molecule has 0 saturated carbocycles. The summed E-state index contributed by atoms with van der Waals surface area (Å²) in [6.45, 7) is 3.71. The fraction of sp³-hybridized carbons (Fsp3) is 0.154. The molecule has 0 fully saturated rings. The summed E-state index contributed by atoms with van der Waals surface area (Å²) in [6, 6.07) is 4.77. The summed E-state index contributed by atoms with van der Waals surface area (Å²) in [4.78, 5) is 29.9. The van der Waals surface area contributed by atoms with E-state index in [2.05, 4.69) is 15.3 Å². The van der Waals surface area contributed by atoms with Gasteiger partial charge in [0.05, 0.1) is 10.5 Å². The van der Waals surface area contributed by atoms with Crippen molar-refractivity contribution in [2.45, 2.75) is 13.8 Å². The Morgan fingerprint density at radius 3 is 2.65 bits per heavy atom. The minimum atomic E-state index is -0.598. The number of nitrogens with one attached hydrogen (secondary N) is 1. The number of nitrogens with zero attached hydrogens (tertiary/aromatic N) is 3. The molecule has 0 aliphatic carbocycles. The van der Waals surface area contributed by atoms with Crippen molar-refractivity contribution in [3.8, 4) is 0 Å². The lowest BCUT2D eigenvalue weighted by Crippen LogP contribution is -2.14. The molecule has 0 spiro atoms. The molecule has 2 aromatic rings. The van der Waals surface area contributed by atoms with Gasteiger partial charge in [0.2, 0.25) is 0 Å². The summed E-state index contributed by atoms with van der Waals surface area (Å²) in [5.41, 5.74) is 1.62. The van der Waals surface area contributed by atoms with Crippen LogP contribution in [0.2, 0.25) is 0 Å². The van der Waals surface area contributed by atoms with Crippen LogP contribution in [0.3, 0.4) is 0 Å².